The Morgan fingerprint density at radius 2 is 1.93 bits per heavy atom. The second-order valence-electron chi connectivity index (χ2n) is 7.42. The Hall–Kier alpha value is -2.79. The van der Waals surface area contributed by atoms with Crippen molar-refractivity contribution in [2.45, 2.75) is 31.0 Å². The van der Waals surface area contributed by atoms with Crippen molar-refractivity contribution < 1.29 is 9.53 Å². The number of fused-ring (bicyclic) bond motifs is 2. The SMILES string of the molecule is O=C(OCc1ccccc1)N1C[C@@H](c2c[nH]c3ccccc23)[C@H]2NCC[C@H]21. The van der Waals surface area contributed by atoms with E-state index in [1.807, 2.05) is 41.3 Å². The van der Waals surface area contributed by atoms with E-state index in [4.69, 9.17) is 4.74 Å². The zero-order valence-corrected chi connectivity index (χ0v) is 15.1. The van der Waals surface area contributed by atoms with Crippen LogP contribution in [0.15, 0.2) is 60.8 Å². The van der Waals surface area contributed by atoms with E-state index in [0.717, 1.165) is 24.0 Å². The zero-order valence-electron chi connectivity index (χ0n) is 15.1. The summed E-state index contributed by atoms with van der Waals surface area (Å²) < 4.78 is 5.62. The zero-order chi connectivity index (χ0) is 18.2. The summed E-state index contributed by atoms with van der Waals surface area (Å²) in [6, 6.07) is 18.7. The van der Waals surface area contributed by atoms with Crippen molar-refractivity contribution in [3.05, 3.63) is 71.9 Å². The minimum absolute atomic E-state index is 0.201. The van der Waals surface area contributed by atoms with Gasteiger partial charge in [-0.05, 0) is 30.2 Å². The second kappa shape index (κ2) is 6.74. The largest absolute Gasteiger partial charge is 0.445 e. The lowest BCUT2D eigenvalue weighted by Gasteiger charge is -2.22. The molecule has 0 saturated carbocycles. The molecule has 27 heavy (non-hydrogen) atoms. The van der Waals surface area contributed by atoms with Crippen LogP contribution in [0.5, 0.6) is 0 Å². The van der Waals surface area contributed by atoms with Gasteiger partial charge in [0.15, 0.2) is 0 Å². The normalized spacial score (nSPS) is 24.3. The third-order valence-electron chi connectivity index (χ3n) is 5.92. The highest BCUT2D eigenvalue weighted by Gasteiger charge is 2.48. The van der Waals surface area contributed by atoms with Crippen LogP contribution in [0, 0.1) is 0 Å². The molecule has 2 aromatic carbocycles. The van der Waals surface area contributed by atoms with Crippen LogP contribution in [0.1, 0.15) is 23.5 Å². The Morgan fingerprint density at radius 3 is 2.81 bits per heavy atom. The lowest BCUT2D eigenvalue weighted by molar-refractivity contribution is 0.0920. The van der Waals surface area contributed by atoms with Crippen molar-refractivity contribution in [3.63, 3.8) is 0 Å². The van der Waals surface area contributed by atoms with Crippen LogP contribution in [-0.4, -0.2) is 41.2 Å². The van der Waals surface area contributed by atoms with E-state index >= 15 is 0 Å². The Bertz CT molecular complexity index is 952. The summed E-state index contributed by atoms with van der Waals surface area (Å²) in [4.78, 5) is 18.1. The molecule has 3 atom stereocenters. The van der Waals surface area contributed by atoms with E-state index in [0.29, 0.717) is 13.2 Å². The number of nitrogens with one attached hydrogen (secondary N) is 2. The van der Waals surface area contributed by atoms with E-state index in [-0.39, 0.29) is 24.1 Å². The highest BCUT2D eigenvalue weighted by atomic mass is 16.6. The van der Waals surface area contributed by atoms with E-state index in [2.05, 4.69) is 34.7 Å². The lowest BCUT2D eigenvalue weighted by Crippen LogP contribution is -2.39. The van der Waals surface area contributed by atoms with Gasteiger partial charge in [-0.25, -0.2) is 4.79 Å². The maximum Gasteiger partial charge on any atom is 0.410 e. The molecule has 5 heteroatoms. The molecule has 5 nitrogen and oxygen atoms in total. The first kappa shape index (κ1) is 16.4. The van der Waals surface area contributed by atoms with Gasteiger partial charge in [-0.1, -0.05) is 48.5 Å². The first-order valence-electron chi connectivity index (χ1n) is 9.58. The lowest BCUT2D eigenvalue weighted by atomic mass is 9.92. The third kappa shape index (κ3) is 2.88. The number of likely N-dealkylation sites (tertiary alicyclic amines) is 1. The molecule has 1 amide bonds. The highest BCUT2D eigenvalue weighted by Crippen LogP contribution is 2.39. The monoisotopic (exact) mass is 361 g/mol. The average Bonchev–Trinajstić information content (AvgIpc) is 3.42. The molecule has 138 valence electrons. The number of benzene rings is 2. The maximum absolute atomic E-state index is 12.8. The molecule has 3 aromatic rings. The number of carbonyl (C=O) groups is 1. The van der Waals surface area contributed by atoms with Gasteiger partial charge in [0.2, 0.25) is 0 Å². The van der Waals surface area contributed by atoms with Crippen LogP contribution in [-0.2, 0) is 11.3 Å². The number of rotatable bonds is 3. The number of H-pyrrole nitrogens is 1. The predicted octanol–water partition coefficient (Wildman–Crippen LogP) is 3.63. The Labute approximate surface area is 158 Å². The van der Waals surface area contributed by atoms with Crippen molar-refractivity contribution in [2.24, 2.45) is 0 Å². The number of carbonyl (C=O) groups excluding carboxylic acids is 1. The van der Waals surface area contributed by atoms with Gasteiger partial charge >= 0.3 is 6.09 Å². The first-order chi connectivity index (χ1) is 13.3. The Balaban J connectivity index is 1.36. The molecule has 0 spiro atoms. The van der Waals surface area contributed by atoms with Crippen LogP contribution < -0.4 is 5.32 Å². The molecule has 3 heterocycles. The van der Waals surface area contributed by atoms with Gasteiger partial charge in [0.1, 0.15) is 6.61 Å². The number of aromatic amines is 1. The highest BCUT2D eigenvalue weighted by molar-refractivity contribution is 5.84. The van der Waals surface area contributed by atoms with Gasteiger partial charge in [0, 0.05) is 35.6 Å². The second-order valence-corrected chi connectivity index (χ2v) is 7.42. The molecule has 2 aliphatic heterocycles. The minimum Gasteiger partial charge on any atom is -0.445 e. The third-order valence-corrected chi connectivity index (χ3v) is 5.92. The molecular weight excluding hydrogens is 338 g/mol. The van der Waals surface area contributed by atoms with Gasteiger partial charge in [-0.15, -0.1) is 0 Å². The van der Waals surface area contributed by atoms with E-state index in [9.17, 15) is 4.79 Å². The quantitative estimate of drug-likeness (QED) is 0.749. The number of nitrogens with zero attached hydrogens (tertiary/aromatic N) is 1. The number of hydrogen-bond acceptors (Lipinski definition) is 3. The summed E-state index contributed by atoms with van der Waals surface area (Å²) in [5.41, 5.74) is 3.44. The predicted molar refractivity (Wildman–Crippen MR) is 105 cm³/mol. The van der Waals surface area contributed by atoms with Crippen molar-refractivity contribution in [1.82, 2.24) is 15.2 Å². The number of hydrogen-bond donors (Lipinski definition) is 2. The molecule has 0 bridgehead atoms. The van der Waals surface area contributed by atoms with Crippen LogP contribution in [0.2, 0.25) is 0 Å². The first-order valence-corrected chi connectivity index (χ1v) is 9.58. The summed E-state index contributed by atoms with van der Waals surface area (Å²) >= 11 is 0. The molecule has 2 saturated heterocycles. The summed E-state index contributed by atoms with van der Waals surface area (Å²) in [6.07, 6.45) is 2.87. The van der Waals surface area contributed by atoms with Crippen LogP contribution in [0.4, 0.5) is 4.79 Å². The number of ether oxygens (including phenoxy) is 1. The topological polar surface area (TPSA) is 57.4 Å². The van der Waals surface area contributed by atoms with Crippen molar-refractivity contribution in [2.75, 3.05) is 13.1 Å². The smallest absolute Gasteiger partial charge is 0.410 e. The minimum atomic E-state index is -0.208. The van der Waals surface area contributed by atoms with Crippen LogP contribution in [0.3, 0.4) is 0 Å². The average molecular weight is 361 g/mol. The van der Waals surface area contributed by atoms with Crippen LogP contribution in [0.25, 0.3) is 10.9 Å². The summed E-state index contributed by atoms with van der Waals surface area (Å²) in [7, 11) is 0. The molecule has 0 aliphatic carbocycles. The number of para-hydroxylation sites is 1. The summed E-state index contributed by atoms with van der Waals surface area (Å²) in [5, 5.41) is 4.86. The maximum atomic E-state index is 12.8. The molecule has 1 aromatic heterocycles. The van der Waals surface area contributed by atoms with E-state index in [1.165, 1.54) is 10.9 Å². The van der Waals surface area contributed by atoms with E-state index < -0.39 is 0 Å². The van der Waals surface area contributed by atoms with Crippen molar-refractivity contribution >= 4 is 17.0 Å². The summed E-state index contributed by atoms with van der Waals surface area (Å²) in [6.45, 7) is 1.95. The molecule has 2 aliphatic rings. The van der Waals surface area contributed by atoms with Gasteiger partial charge < -0.3 is 19.9 Å². The number of aromatic nitrogens is 1. The Morgan fingerprint density at radius 1 is 1.11 bits per heavy atom. The molecule has 5 rings (SSSR count). The fourth-order valence-corrected chi connectivity index (χ4v) is 4.64. The molecular formula is C22H23N3O2. The molecule has 0 unspecified atom stereocenters. The van der Waals surface area contributed by atoms with Crippen LogP contribution >= 0.6 is 0 Å². The fraction of sp³-hybridized carbons (Fsp3) is 0.318. The number of amides is 1. The fourth-order valence-electron chi connectivity index (χ4n) is 4.64. The Kier molecular flexibility index (Phi) is 4.09. The summed E-state index contributed by atoms with van der Waals surface area (Å²) in [5.74, 6) is 0.276. The van der Waals surface area contributed by atoms with Gasteiger partial charge in [-0.2, -0.15) is 0 Å². The van der Waals surface area contributed by atoms with Gasteiger partial charge in [0.25, 0.3) is 0 Å². The van der Waals surface area contributed by atoms with Crippen molar-refractivity contribution in [1.29, 1.82) is 0 Å². The van der Waals surface area contributed by atoms with E-state index in [1.54, 1.807) is 0 Å². The van der Waals surface area contributed by atoms with Crippen molar-refractivity contribution in [3.8, 4) is 0 Å². The van der Waals surface area contributed by atoms with Gasteiger partial charge in [0.05, 0.1) is 6.04 Å². The molecule has 2 fully saturated rings. The standard InChI is InChI=1S/C22H23N3O2/c26-22(27-14-15-6-2-1-3-7-15)25-13-18(21-20(25)10-11-23-21)17-12-24-19-9-5-4-8-16(17)19/h1-9,12,18,20-21,23-24H,10-11,13-14H2/t18-,20+,21+/m0/s1. The molecule has 2 N–H and O–H groups in total. The molecule has 0 radical (unpaired) electrons. The van der Waals surface area contributed by atoms with Gasteiger partial charge in [-0.3, -0.25) is 0 Å².